The third-order valence-electron chi connectivity index (χ3n) is 1.90. The summed E-state index contributed by atoms with van der Waals surface area (Å²) in [6.45, 7) is 2.68. The molecule has 0 fully saturated rings. The second kappa shape index (κ2) is 6.28. The highest BCUT2D eigenvalue weighted by Gasteiger charge is 2.05. The summed E-state index contributed by atoms with van der Waals surface area (Å²) in [6.07, 6.45) is 0.943. The molecule has 0 aliphatic heterocycles. The first-order valence-corrected chi connectivity index (χ1v) is 6.66. The number of benzene rings is 1. The van der Waals surface area contributed by atoms with Crippen LogP contribution in [0.15, 0.2) is 22.7 Å². The first-order valence-electron chi connectivity index (χ1n) is 4.75. The Hall–Kier alpha value is -0.350. The van der Waals surface area contributed by atoms with Gasteiger partial charge in [-0.1, -0.05) is 31.9 Å². The maximum Gasteiger partial charge on any atom is 0.251 e. The molecule has 0 aliphatic carbocycles. The predicted octanol–water partition coefficient (Wildman–Crippen LogP) is 3.27. The van der Waals surface area contributed by atoms with Gasteiger partial charge in [-0.3, -0.25) is 4.79 Å². The maximum atomic E-state index is 11.7. The summed E-state index contributed by atoms with van der Waals surface area (Å²) in [7, 11) is 0. The quantitative estimate of drug-likeness (QED) is 0.664. The van der Waals surface area contributed by atoms with Crippen LogP contribution < -0.4 is 5.32 Å². The zero-order chi connectivity index (χ0) is 11.3. The van der Waals surface area contributed by atoms with Crippen LogP contribution in [0.1, 0.15) is 22.3 Å². The fraction of sp³-hybridized carbons (Fsp3) is 0.364. The van der Waals surface area contributed by atoms with E-state index in [-0.39, 0.29) is 5.91 Å². The number of nitrogens with one attached hydrogen (secondary N) is 1. The van der Waals surface area contributed by atoms with Gasteiger partial charge in [0, 0.05) is 21.9 Å². The highest BCUT2D eigenvalue weighted by Crippen LogP contribution is 2.15. The first kappa shape index (κ1) is 12.7. The molecule has 0 saturated carbocycles. The molecule has 0 aliphatic rings. The molecule has 1 aromatic rings. The number of amides is 1. The fourth-order valence-electron chi connectivity index (χ4n) is 1.24. The van der Waals surface area contributed by atoms with Crippen molar-refractivity contribution in [3.05, 3.63) is 33.8 Å². The van der Waals surface area contributed by atoms with Crippen LogP contribution in [0.5, 0.6) is 0 Å². The van der Waals surface area contributed by atoms with Crippen LogP contribution in [-0.4, -0.2) is 17.8 Å². The number of rotatable bonds is 4. The van der Waals surface area contributed by atoms with Crippen molar-refractivity contribution in [1.82, 2.24) is 5.32 Å². The predicted molar refractivity (Wildman–Crippen MR) is 69.6 cm³/mol. The second-order valence-electron chi connectivity index (χ2n) is 3.32. The molecular formula is C11H13Br2NO. The minimum atomic E-state index is -0.0136. The maximum absolute atomic E-state index is 11.7. The molecule has 0 heterocycles. The van der Waals surface area contributed by atoms with Crippen molar-refractivity contribution in [2.24, 2.45) is 0 Å². The number of hydrogen-bond acceptors (Lipinski definition) is 1. The number of carbonyl (C=O) groups excluding carboxylic acids is 1. The average Bonchev–Trinajstić information content (AvgIpc) is 2.16. The molecule has 0 aromatic heterocycles. The smallest absolute Gasteiger partial charge is 0.251 e. The largest absolute Gasteiger partial charge is 0.352 e. The minimum Gasteiger partial charge on any atom is -0.352 e. The highest BCUT2D eigenvalue weighted by atomic mass is 79.9. The Bertz CT molecular complexity index is 332. The Balaban J connectivity index is 2.65. The summed E-state index contributed by atoms with van der Waals surface area (Å²) in [6, 6.07) is 5.69. The minimum absolute atomic E-state index is 0.0136. The van der Waals surface area contributed by atoms with Gasteiger partial charge in [-0.2, -0.15) is 0 Å². The van der Waals surface area contributed by atoms with Crippen LogP contribution in [0.4, 0.5) is 0 Å². The first-order chi connectivity index (χ1) is 7.13. The number of halogens is 2. The molecule has 1 amide bonds. The average molecular weight is 335 g/mol. The van der Waals surface area contributed by atoms with Crippen molar-refractivity contribution >= 4 is 37.8 Å². The van der Waals surface area contributed by atoms with Crippen molar-refractivity contribution in [1.29, 1.82) is 0 Å². The fourth-order valence-corrected chi connectivity index (χ4v) is 2.13. The Morgan fingerprint density at radius 2 is 2.13 bits per heavy atom. The van der Waals surface area contributed by atoms with E-state index in [1.807, 2.05) is 25.1 Å². The zero-order valence-electron chi connectivity index (χ0n) is 8.52. The van der Waals surface area contributed by atoms with Crippen molar-refractivity contribution in [3.8, 4) is 0 Å². The molecule has 0 unspecified atom stereocenters. The van der Waals surface area contributed by atoms with Gasteiger partial charge in [0.25, 0.3) is 5.91 Å². The molecule has 0 radical (unpaired) electrons. The van der Waals surface area contributed by atoms with Gasteiger partial charge in [-0.15, -0.1) is 0 Å². The van der Waals surface area contributed by atoms with E-state index in [0.717, 1.165) is 21.8 Å². The van der Waals surface area contributed by atoms with Gasteiger partial charge < -0.3 is 5.32 Å². The lowest BCUT2D eigenvalue weighted by Crippen LogP contribution is -2.24. The van der Waals surface area contributed by atoms with Gasteiger partial charge in [0.1, 0.15) is 0 Å². The van der Waals surface area contributed by atoms with Crippen LogP contribution in [0, 0.1) is 6.92 Å². The van der Waals surface area contributed by atoms with Crippen molar-refractivity contribution in [2.75, 3.05) is 11.9 Å². The van der Waals surface area contributed by atoms with E-state index in [2.05, 4.69) is 37.2 Å². The summed E-state index contributed by atoms with van der Waals surface area (Å²) in [4.78, 5) is 11.7. The summed E-state index contributed by atoms with van der Waals surface area (Å²) < 4.78 is 0.938. The SMILES string of the molecule is Cc1cc(Br)cc(C(=O)NCCCBr)c1. The van der Waals surface area contributed by atoms with Crippen LogP contribution in [0.25, 0.3) is 0 Å². The summed E-state index contributed by atoms with van der Waals surface area (Å²) in [5.74, 6) is -0.0136. The molecule has 82 valence electrons. The van der Waals surface area contributed by atoms with Crippen molar-refractivity contribution in [2.45, 2.75) is 13.3 Å². The van der Waals surface area contributed by atoms with Gasteiger partial charge in [-0.05, 0) is 37.1 Å². The molecule has 1 N–H and O–H groups in total. The standard InChI is InChI=1S/C11H13Br2NO/c1-8-5-9(7-10(13)6-8)11(15)14-4-2-3-12/h5-7H,2-4H2,1H3,(H,14,15). The lowest BCUT2D eigenvalue weighted by atomic mass is 10.1. The number of carbonyl (C=O) groups is 1. The Kier molecular flexibility index (Phi) is 5.32. The van der Waals surface area contributed by atoms with E-state index in [4.69, 9.17) is 0 Å². The van der Waals surface area contributed by atoms with E-state index in [9.17, 15) is 4.79 Å². The summed E-state index contributed by atoms with van der Waals surface area (Å²) in [5, 5.41) is 3.77. The van der Waals surface area contributed by atoms with Gasteiger partial charge in [-0.25, -0.2) is 0 Å². The van der Waals surface area contributed by atoms with E-state index >= 15 is 0 Å². The van der Waals surface area contributed by atoms with Crippen molar-refractivity contribution < 1.29 is 4.79 Å². The molecule has 15 heavy (non-hydrogen) atoms. The Morgan fingerprint density at radius 3 is 2.73 bits per heavy atom. The van der Waals surface area contributed by atoms with Gasteiger partial charge >= 0.3 is 0 Å². The monoisotopic (exact) mass is 333 g/mol. The molecule has 2 nitrogen and oxygen atoms in total. The van der Waals surface area contributed by atoms with Gasteiger partial charge in [0.15, 0.2) is 0 Å². The number of hydrogen-bond donors (Lipinski definition) is 1. The highest BCUT2D eigenvalue weighted by molar-refractivity contribution is 9.10. The van der Waals surface area contributed by atoms with Gasteiger partial charge in [0.05, 0.1) is 0 Å². The number of alkyl halides is 1. The van der Waals surface area contributed by atoms with Gasteiger partial charge in [0.2, 0.25) is 0 Å². The normalized spacial score (nSPS) is 10.1. The molecule has 0 bridgehead atoms. The topological polar surface area (TPSA) is 29.1 Å². The number of aryl methyl sites for hydroxylation is 1. The van der Waals surface area contributed by atoms with Crippen LogP contribution in [0.2, 0.25) is 0 Å². The third-order valence-corrected chi connectivity index (χ3v) is 2.92. The second-order valence-corrected chi connectivity index (χ2v) is 5.02. The van der Waals surface area contributed by atoms with Crippen molar-refractivity contribution in [3.63, 3.8) is 0 Å². The molecule has 1 rings (SSSR count). The molecule has 4 heteroatoms. The Morgan fingerprint density at radius 1 is 1.40 bits per heavy atom. The Labute approximate surface area is 107 Å². The third kappa shape index (κ3) is 4.34. The van der Waals surface area contributed by atoms with Crippen LogP contribution in [0.3, 0.4) is 0 Å². The summed E-state index contributed by atoms with van der Waals surface area (Å²) >= 11 is 6.70. The van der Waals surface area contributed by atoms with E-state index in [1.165, 1.54) is 0 Å². The summed E-state index contributed by atoms with van der Waals surface area (Å²) in [5.41, 5.74) is 1.78. The van der Waals surface area contributed by atoms with Crippen LogP contribution in [-0.2, 0) is 0 Å². The molecule has 0 spiro atoms. The van der Waals surface area contributed by atoms with E-state index in [0.29, 0.717) is 12.1 Å². The van der Waals surface area contributed by atoms with E-state index in [1.54, 1.807) is 0 Å². The zero-order valence-corrected chi connectivity index (χ0v) is 11.7. The van der Waals surface area contributed by atoms with Crippen LogP contribution >= 0.6 is 31.9 Å². The lowest BCUT2D eigenvalue weighted by Gasteiger charge is -2.05. The molecule has 0 saturated heterocycles. The molecule has 1 aromatic carbocycles. The molecular weight excluding hydrogens is 322 g/mol. The lowest BCUT2D eigenvalue weighted by molar-refractivity contribution is 0.0953. The van der Waals surface area contributed by atoms with E-state index < -0.39 is 0 Å². The molecule has 0 atom stereocenters.